The SMILES string of the molecule is COc1cccc2c1[n+]([O-])c1cccc(O)c1[n+]2[O-].[Cl-].[Fe+3]. The van der Waals surface area contributed by atoms with Crippen molar-refractivity contribution in [2.24, 2.45) is 0 Å². The van der Waals surface area contributed by atoms with Crippen LogP contribution in [0.4, 0.5) is 0 Å². The van der Waals surface area contributed by atoms with Crippen molar-refractivity contribution in [3.8, 4) is 11.5 Å². The molecule has 1 radical (unpaired) electrons. The molecule has 0 aliphatic carbocycles. The Morgan fingerprint density at radius 1 is 0.952 bits per heavy atom. The molecule has 8 heteroatoms. The molecule has 21 heavy (non-hydrogen) atoms. The molecular weight excluding hydrogens is 339 g/mol. The molecule has 1 N–H and O–H groups in total. The predicted molar refractivity (Wildman–Crippen MR) is 67.6 cm³/mol. The van der Waals surface area contributed by atoms with Crippen LogP contribution < -0.4 is 26.6 Å². The van der Waals surface area contributed by atoms with Gasteiger partial charge < -0.3 is 32.7 Å². The normalized spacial score (nSPS) is 9.95. The van der Waals surface area contributed by atoms with E-state index >= 15 is 0 Å². The van der Waals surface area contributed by atoms with E-state index in [1.807, 2.05) is 0 Å². The van der Waals surface area contributed by atoms with Crippen molar-refractivity contribution in [2.75, 3.05) is 7.11 Å². The van der Waals surface area contributed by atoms with Crippen LogP contribution in [0.2, 0.25) is 0 Å². The third kappa shape index (κ3) is 2.40. The summed E-state index contributed by atoms with van der Waals surface area (Å²) in [6, 6.07) is 9.07. The number of aromatic nitrogens is 2. The van der Waals surface area contributed by atoms with Crippen LogP contribution in [0.25, 0.3) is 22.1 Å². The zero-order valence-electron chi connectivity index (χ0n) is 10.8. The first-order chi connectivity index (χ1) is 9.15. The standard InChI is InChI=1S/C13H10N2O4.ClH.Fe/c1-19-11-7-3-5-9-13(11)15(18)8-4-2-6-10(16)12(8)14(9)17;;/h2-7,16H,1H3;1H;/q;;+3/p-1. The van der Waals surface area contributed by atoms with E-state index in [9.17, 15) is 15.5 Å². The van der Waals surface area contributed by atoms with Gasteiger partial charge in [-0.1, -0.05) is 12.1 Å². The molecule has 6 nitrogen and oxygen atoms in total. The largest absolute Gasteiger partial charge is 3.00 e. The van der Waals surface area contributed by atoms with Crippen molar-refractivity contribution in [1.82, 2.24) is 0 Å². The number of hydrogen-bond acceptors (Lipinski definition) is 4. The minimum absolute atomic E-state index is 0. The van der Waals surface area contributed by atoms with Gasteiger partial charge in [0.1, 0.15) is 0 Å². The fourth-order valence-corrected chi connectivity index (χ4v) is 2.18. The second-order valence-corrected chi connectivity index (χ2v) is 4.06. The number of phenolic OH excluding ortho intramolecular Hbond substituents is 1. The maximum atomic E-state index is 12.3. The maximum absolute atomic E-state index is 12.3. The van der Waals surface area contributed by atoms with Gasteiger partial charge in [0, 0.05) is 12.1 Å². The smallest absolute Gasteiger partial charge is 1.00 e. The fraction of sp³-hybridized carbons (Fsp3) is 0.0769. The number of phenols is 1. The summed E-state index contributed by atoms with van der Waals surface area (Å²) in [6.45, 7) is 0. The molecule has 2 aromatic carbocycles. The molecule has 1 aromatic heterocycles. The van der Waals surface area contributed by atoms with Crippen LogP contribution in [-0.4, -0.2) is 12.2 Å². The van der Waals surface area contributed by atoms with Gasteiger partial charge >= 0.3 is 28.1 Å². The molecule has 1 heterocycles. The second-order valence-electron chi connectivity index (χ2n) is 4.06. The molecule has 0 saturated heterocycles. The molecule has 0 amide bonds. The van der Waals surface area contributed by atoms with Crippen molar-refractivity contribution < 1.29 is 48.8 Å². The number of aromatic hydroxyl groups is 1. The molecule has 0 fully saturated rings. The topological polar surface area (TPSA) is 83.3 Å². The molecule has 0 aliphatic heterocycles. The third-order valence-corrected chi connectivity index (χ3v) is 3.03. The first-order valence-corrected chi connectivity index (χ1v) is 5.58. The van der Waals surface area contributed by atoms with Gasteiger partial charge in [-0.15, -0.1) is 0 Å². The Morgan fingerprint density at radius 3 is 2.10 bits per heavy atom. The van der Waals surface area contributed by atoms with Gasteiger partial charge in [0.05, 0.1) is 7.11 Å². The van der Waals surface area contributed by atoms with Gasteiger partial charge in [-0.2, -0.15) is 9.46 Å². The quantitative estimate of drug-likeness (QED) is 0.238. The van der Waals surface area contributed by atoms with Crippen molar-refractivity contribution in [3.05, 3.63) is 46.8 Å². The van der Waals surface area contributed by atoms with Crippen LogP contribution in [0.1, 0.15) is 0 Å². The number of nitrogens with zero attached hydrogens (tertiary/aromatic N) is 2. The Morgan fingerprint density at radius 2 is 1.48 bits per heavy atom. The summed E-state index contributed by atoms with van der Waals surface area (Å²) in [5.41, 5.74) is 0.312. The molecule has 3 rings (SSSR count). The van der Waals surface area contributed by atoms with E-state index in [-0.39, 0.29) is 57.3 Å². The number of benzene rings is 2. The number of rotatable bonds is 1. The van der Waals surface area contributed by atoms with Crippen molar-refractivity contribution >= 4 is 22.1 Å². The van der Waals surface area contributed by atoms with Crippen molar-refractivity contribution in [2.45, 2.75) is 0 Å². The Hall–Kier alpha value is -1.95. The van der Waals surface area contributed by atoms with Gasteiger partial charge in [-0.3, -0.25) is 0 Å². The minimum Gasteiger partial charge on any atom is -1.00 e. The fourth-order valence-electron chi connectivity index (χ4n) is 2.18. The number of methoxy groups -OCH3 is 1. The molecule has 0 aliphatic rings. The Kier molecular flexibility index (Phi) is 5.06. The zero-order chi connectivity index (χ0) is 13.6. The molecule has 3 aromatic rings. The summed E-state index contributed by atoms with van der Waals surface area (Å²) in [5.74, 6) is 0.0733. The van der Waals surface area contributed by atoms with Crippen molar-refractivity contribution in [3.63, 3.8) is 0 Å². The summed E-state index contributed by atoms with van der Waals surface area (Å²) < 4.78 is 6.24. The molecule has 0 atom stereocenters. The number of fused-ring (bicyclic) bond motifs is 2. The van der Waals surface area contributed by atoms with E-state index in [2.05, 4.69) is 0 Å². The van der Waals surface area contributed by atoms with Gasteiger partial charge in [0.2, 0.25) is 0 Å². The summed E-state index contributed by atoms with van der Waals surface area (Å²) in [5, 5.41) is 34.4. The monoisotopic (exact) mass is 349 g/mol. The number of para-hydroxylation sites is 2. The van der Waals surface area contributed by atoms with E-state index in [1.54, 1.807) is 12.1 Å². The molecule has 0 spiro atoms. The zero-order valence-corrected chi connectivity index (χ0v) is 12.6. The van der Waals surface area contributed by atoms with E-state index in [1.165, 1.54) is 31.4 Å². The molecule has 0 unspecified atom stereocenters. The summed E-state index contributed by atoms with van der Waals surface area (Å²) in [4.78, 5) is 0. The summed E-state index contributed by atoms with van der Waals surface area (Å²) in [6.07, 6.45) is 0. The maximum Gasteiger partial charge on any atom is 3.00 e. The van der Waals surface area contributed by atoms with Crippen LogP contribution >= 0.6 is 0 Å². The number of hydrogen-bond donors (Lipinski definition) is 1. The molecular formula is C13H10ClFeN2O4+2. The Balaban J connectivity index is 0.00000110. The van der Waals surface area contributed by atoms with E-state index in [4.69, 9.17) is 4.74 Å². The van der Waals surface area contributed by atoms with E-state index < -0.39 is 0 Å². The average molecular weight is 350 g/mol. The van der Waals surface area contributed by atoms with Gasteiger partial charge in [0.25, 0.3) is 11.0 Å². The van der Waals surface area contributed by atoms with Crippen LogP contribution in [0.15, 0.2) is 36.4 Å². The van der Waals surface area contributed by atoms with Gasteiger partial charge in [0.15, 0.2) is 11.5 Å². The predicted octanol–water partition coefficient (Wildman–Crippen LogP) is -2.02. The Bertz CT molecular complexity index is 813. The van der Waals surface area contributed by atoms with Gasteiger partial charge in [-0.05, 0) is 12.1 Å². The average Bonchev–Trinajstić information content (AvgIpc) is 2.43. The van der Waals surface area contributed by atoms with Gasteiger partial charge in [-0.25, -0.2) is 0 Å². The Labute approximate surface area is 136 Å². The van der Waals surface area contributed by atoms with Crippen LogP contribution in [-0.2, 0) is 17.1 Å². The van der Waals surface area contributed by atoms with E-state index in [0.717, 1.165) is 0 Å². The van der Waals surface area contributed by atoms with Crippen LogP contribution in [0.3, 0.4) is 0 Å². The molecule has 0 bridgehead atoms. The van der Waals surface area contributed by atoms with Crippen molar-refractivity contribution in [1.29, 1.82) is 0 Å². The molecule has 0 saturated carbocycles. The third-order valence-electron chi connectivity index (χ3n) is 3.03. The summed E-state index contributed by atoms with van der Waals surface area (Å²) >= 11 is 0. The number of halogens is 1. The molecule has 109 valence electrons. The van der Waals surface area contributed by atoms with Crippen LogP contribution in [0.5, 0.6) is 11.5 Å². The number of ether oxygens (including phenoxy) is 1. The van der Waals surface area contributed by atoms with E-state index in [0.29, 0.717) is 15.2 Å². The first kappa shape index (κ1) is 17.1. The van der Waals surface area contributed by atoms with Crippen LogP contribution in [0, 0.1) is 10.4 Å². The first-order valence-electron chi connectivity index (χ1n) is 5.58. The second kappa shape index (κ2) is 6.22. The minimum atomic E-state index is -0.234. The summed E-state index contributed by atoms with van der Waals surface area (Å²) in [7, 11) is 1.43.